The summed E-state index contributed by atoms with van der Waals surface area (Å²) in [6.45, 7) is 0.741. The Hall–Kier alpha value is -1.94. The zero-order valence-electron chi connectivity index (χ0n) is 9.84. The summed E-state index contributed by atoms with van der Waals surface area (Å²) >= 11 is 0. The number of fused-ring (bicyclic) bond motifs is 1. The standard InChI is InChI=1S/C14H14N2O2/c17-14(18)13-11(5-6-16-13)12-8-15-7-9-3-1-2-4-10(9)12/h1-4,7-8,11,13,16H,5-6H2,(H,17,18). The van der Waals surface area contributed by atoms with Crippen molar-refractivity contribution in [3.63, 3.8) is 0 Å². The Labute approximate surface area is 105 Å². The Morgan fingerprint density at radius 3 is 3.00 bits per heavy atom. The number of carboxylic acids is 1. The van der Waals surface area contributed by atoms with E-state index in [4.69, 9.17) is 0 Å². The van der Waals surface area contributed by atoms with Crippen LogP contribution in [0.2, 0.25) is 0 Å². The summed E-state index contributed by atoms with van der Waals surface area (Å²) in [6.07, 6.45) is 4.46. The van der Waals surface area contributed by atoms with Gasteiger partial charge in [-0.15, -0.1) is 0 Å². The van der Waals surface area contributed by atoms with Gasteiger partial charge in [0.25, 0.3) is 0 Å². The van der Waals surface area contributed by atoms with Crippen LogP contribution in [0.5, 0.6) is 0 Å². The molecule has 2 heterocycles. The first-order valence-electron chi connectivity index (χ1n) is 6.06. The number of nitrogens with zero attached hydrogens (tertiary/aromatic N) is 1. The molecule has 3 rings (SSSR count). The molecule has 4 heteroatoms. The maximum absolute atomic E-state index is 11.2. The minimum absolute atomic E-state index is 0.00102. The smallest absolute Gasteiger partial charge is 0.321 e. The molecule has 2 atom stereocenters. The van der Waals surface area contributed by atoms with Crippen molar-refractivity contribution >= 4 is 16.7 Å². The highest BCUT2D eigenvalue weighted by atomic mass is 16.4. The van der Waals surface area contributed by atoms with Crippen molar-refractivity contribution in [3.05, 3.63) is 42.2 Å². The van der Waals surface area contributed by atoms with E-state index in [9.17, 15) is 9.90 Å². The number of pyridine rings is 1. The topological polar surface area (TPSA) is 62.2 Å². The Balaban J connectivity index is 2.11. The third kappa shape index (κ3) is 1.75. The Bertz CT molecular complexity index is 592. The van der Waals surface area contributed by atoms with Crippen LogP contribution in [0.15, 0.2) is 36.7 Å². The van der Waals surface area contributed by atoms with Gasteiger partial charge < -0.3 is 10.4 Å². The highest BCUT2D eigenvalue weighted by molar-refractivity contribution is 5.86. The molecular formula is C14H14N2O2. The summed E-state index contributed by atoms with van der Waals surface area (Å²) in [5.74, 6) is -0.786. The Morgan fingerprint density at radius 1 is 1.33 bits per heavy atom. The summed E-state index contributed by atoms with van der Waals surface area (Å²) in [4.78, 5) is 15.5. The van der Waals surface area contributed by atoms with Crippen molar-refractivity contribution in [1.82, 2.24) is 10.3 Å². The van der Waals surface area contributed by atoms with Crippen LogP contribution in [0.4, 0.5) is 0 Å². The van der Waals surface area contributed by atoms with Gasteiger partial charge in [0.2, 0.25) is 0 Å². The first-order valence-corrected chi connectivity index (χ1v) is 6.06. The van der Waals surface area contributed by atoms with Crippen LogP contribution in [-0.4, -0.2) is 28.6 Å². The summed E-state index contributed by atoms with van der Waals surface area (Å²) in [5.41, 5.74) is 1.03. The van der Waals surface area contributed by atoms with E-state index in [2.05, 4.69) is 10.3 Å². The number of carboxylic acid groups (broad SMARTS) is 1. The molecule has 0 aliphatic carbocycles. The normalized spacial score (nSPS) is 23.3. The summed E-state index contributed by atoms with van der Waals surface area (Å²) in [5, 5.41) is 14.4. The predicted octanol–water partition coefficient (Wildman–Crippen LogP) is 1.76. The molecule has 0 radical (unpaired) electrons. The molecule has 0 saturated carbocycles. The first kappa shape index (κ1) is 11.2. The largest absolute Gasteiger partial charge is 0.480 e. The van der Waals surface area contributed by atoms with Crippen LogP contribution < -0.4 is 5.32 Å². The average Bonchev–Trinajstić information content (AvgIpc) is 2.87. The van der Waals surface area contributed by atoms with Crippen molar-refractivity contribution in [2.24, 2.45) is 0 Å². The zero-order valence-corrected chi connectivity index (χ0v) is 9.84. The molecule has 0 spiro atoms. The van der Waals surface area contributed by atoms with E-state index >= 15 is 0 Å². The molecule has 0 bridgehead atoms. The second-order valence-electron chi connectivity index (χ2n) is 4.62. The van der Waals surface area contributed by atoms with Gasteiger partial charge in [-0.05, 0) is 23.9 Å². The average molecular weight is 242 g/mol. The third-order valence-corrected chi connectivity index (χ3v) is 3.59. The number of hydrogen-bond acceptors (Lipinski definition) is 3. The van der Waals surface area contributed by atoms with Gasteiger partial charge in [0.05, 0.1) is 0 Å². The molecule has 4 nitrogen and oxygen atoms in total. The van der Waals surface area contributed by atoms with Crippen LogP contribution in [-0.2, 0) is 4.79 Å². The molecule has 1 aliphatic rings. The summed E-state index contributed by atoms with van der Waals surface area (Å²) < 4.78 is 0. The minimum atomic E-state index is -0.787. The first-order chi connectivity index (χ1) is 8.77. The predicted molar refractivity (Wildman–Crippen MR) is 68.5 cm³/mol. The van der Waals surface area contributed by atoms with Gasteiger partial charge in [0, 0.05) is 23.7 Å². The van der Waals surface area contributed by atoms with Crippen molar-refractivity contribution in [2.45, 2.75) is 18.4 Å². The fraction of sp³-hybridized carbons (Fsp3) is 0.286. The fourth-order valence-corrected chi connectivity index (χ4v) is 2.73. The van der Waals surface area contributed by atoms with E-state index in [0.717, 1.165) is 29.3 Å². The van der Waals surface area contributed by atoms with Crippen LogP contribution in [0.3, 0.4) is 0 Å². The van der Waals surface area contributed by atoms with E-state index in [1.54, 1.807) is 6.20 Å². The zero-order chi connectivity index (χ0) is 12.5. The van der Waals surface area contributed by atoms with Gasteiger partial charge >= 0.3 is 5.97 Å². The van der Waals surface area contributed by atoms with E-state index in [1.165, 1.54) is 0 Å². The minimum Gasteiger partial charge on any atom is -0.480 e. The molecule has 18 heavy (non-hydrogen) atoms. The lowest BCUT2D eigenvalue weighted by molar-refractivity contribution is -0.139. The number of aliphatic carboxylic acids is 1. The van der Waals surface area contributed by atoms with Gasteiger partial charge in [-0.25, -0.2) is 0 Å². The molecule has 0 amide bonds. The van der Waals surface area contributed by atoms with Gasteiger partial charge in [-0.3, -0.25) is 9.78 Å². The van der Waals surface area contributed by atoms with Crippen molar-refractivity contribution in [2.75, 3.05) is 6.54 Å². The monoisotopic (exact) mass is 242 g/mol. The SMILES string of the molecule is O=C(O)C1NCCC1c1cncc2ccccc12. The lowest BCUT2D eigenvalue weighted by Gasteiger charge is -2.17. The molecule has 1 aromatic carbocycles. The number of benzene rings is 1. The molecule has 1 aromatic heterocycles. The number of aromatic nitrogens is 1. The van der Waals surface area contributed by atoms with Crippen molar-refractivity contribution < 1.29 is 9.90 Å². The van der Waals surface area contributed by atoms with Crippen LogP contribution in [0, 0.1) is 0 Å². The lowest BCUT2D eigenvalue weighted by atomic mass is 9.90. The number of hydrogen-bond donors (Lipinski definition) is 2. The molecule has 92 valence electrons. The second kappa shape index (κ2) is 4.38. The van der Waals surface area contributed by atoms with Gasteiger partial charge in [0.1, 0.15) is 6.04 Å². The van der Waals surface area contributed by atoms with Gasteiger partial charge in [-0.2, -0.15) is 0 Å². The van der Waals surface area contributed by atoms with E-state index in [1.807, 2.05) is 30.5 Å². The van der Waals surface area contributed by atoms with Gasteiger partial charge in [-0.1, -0.05) is 24.3 Å². The van der Waals surface area contributed by atoms with E-state index in [-0.39, 0.29) is 5.92 Å². The van der Waals surface area contributed by atoms with E-state index in [0.29, 0.717) is 0 Å². The molecule has 2 unspecified atom stereocenters. The van der Waals surface area contributed by atoms with Crippen LogP contribution in [0.25, 0.3) is 10.8 Å². The molecular weight excluding hydrogens is 228 g/mol. The molecule has 1 fully saturated rings. The van der Waals surface area contributed by atoms with Crippen LogP contribution in [0.1, 0.15) is 17.9 Å². The van der Waals surface area contributed by atoms with Crippen LogP contribution >= 0.6 is 0 Å². The summed E-state index contributed by atoms with van der Waals surface area (Å²) in [7, 11) is 0. The quantitative estimate of drug-likeness (QED) is 0.842. The van der Waals surface area contributed by atoms with Crippen molar-refractivity contribution in [1.29, 1.82) is 0 Å². The number of nitrogens with one attached hydrogen (secondary N) is 1. The van der Waals surface area contributed by atoms with Crippen molar-refractivity contribution in [3.8, 4) is 0 Å². The number of rotatable bonds is 2. The molecule has 1 aliphatic heterocycles. The Morgan fingerprint density at radius 2 is 2.17 bits per heavy atom. The van der Waals surface area contributed by atoms with E-state index < -0.39 is 12.0 Å². The molecule has 2 aromatic rings. The fourth-order valence-electron chi connectivity index (χ4n) is 2.73. The maximum atomic E-state index is 11.2. The molecule has 1 saturated heterocycles. The maximum Gasteiger partial charge on any atom is 0.321 e. The lowest BCUT2D eigenvalue weighted by Crippen LogP contribution is -2.34. The third-order valence-electron chi connectivity index (χ3n) is 3.59. The van der Waals surface area contributed by atoms with Gasteiger partial charge in [0.15, 0.2) is 0 Å². The summed E-state index contributed by atoms with van der Waals surface area (Å²) in [6, 6.07) is 7.48. The Kier molecular flexibility index (Phi) is 2.72. The second-order valence-corrected chi connectivity index (χ2v) is 4.62. The highest BCUT2D eigenvalue weighted by Crippen LogP contribution is 2.32. The molecule has 2 N–H and O–H groups in total. The number of carbonyl (C=O) groups is 1. The highest BCUT2D eigenvalue weighted by Gasteiger charge is 2.34.